The number of anilines is 1. The number of carbonyl (C=O) groups excluding carboxylic acids is 1. The van der Waals surface area contributed by atoms with E-state index in [2.05, 4.69) is 15.5 Å². The standard InChI is InChI=1S/C13H12F3N3O3S2/c1-2-7-24(21,22)12-19-18-11(23-12)17-10(20)8-5-3-4-6-9(8)13(14,15)16/h3-6H,2,7H2,1H3,(H,17,18,20). The van der Waals surface area contributed by atoms with Gasteiger partial charge in [0.2, 0.25) is 19.3 Å². The number of hydrogen-bond acceptors (Lipinski definition) is 6. The number of benzene rings is 1. The Morgan fingerprint density at radius 3 is 2.54 bits per heavy atom. The number of halogens is 3. The van der Waals surface area contributed by atoms with Gasteiger partial charge in [-0.25, -0.2) is 8.42 Å². The molecule has 0 saturated heterocycles. The van der Waals surface area contributed by atoms with E-state index in [1.807, 2.05) is 0 Å². The Labute approximate surface area is 139 Å². The highest BCUT2D eigenvalue weighted by Gasteiger charge is 2.35. The molecule has 1 N–H and O–H groups in total. The molecule has 0 spiro atoms. The van der Waals surface area contributed by atoms with Gasteiger partial charge < -0.3 is 0 Å². The zero-order valence-corrected chi connectivity index (χ0v) is 13.9. The van der Waals surface area contributed by atoms with Crippen LogP contribution in [0.25, 0.3) is 0 Å². The first-order valence-electron chi connectivity index (χ1n) is 6.69. The quantitative estimate of drug-likeness (QED) is 0.807. The molecule has 130 valence electrons. The van der Waals surface area contributed by atoms with Crippen LogP contribution in [-0.2, 0) is 16.0 Å². The zero-order valence-electron chi connectivity index (χ0n) is 12.3. The molecular weight excluding hydrogens is 367 g/mol. The van der Waals surface area contributed by atoms with E-state index in [1.54, 1.807) is 6.92 Å². The molecule has 11 heteroatoms. The minimum absolute atomic E-state index is 0.132. The van der Waals surface area contributed by atoms with E-state index in [9.17, 15) is 26.4 Å². The van der Waals surface area contributed by atoms with E-state index in [1.165, 1.54) is 12.1 Å². The number of sulfone groups is 1. The largest absolute Gasteiger partial charge is 0.417 e. The summed E-state index contributed by atoms with van der Waals surface area (Å²) in [6.07, 6.45) is -4.31. The Hall–Kier alpha value is -2.01. The van der Waals surface area contributed by atoms with Gasteiger partial charge in [-0.2, -0.15) is 13.2 Å². The van der Waals surface area contributed by atoms with Crippen molar-refractivity contribution < 1.29 is 26.4 Å². The zero-order chi connectivity index (χ0) is 18.0. The molecule has 1 aromatic carbocycles. The maximum atomic E-state index is 12.9. The average Bonchev–Trinajstić information content (AvgIpc) is 2.95. The predicted octanol–water partition coefficient (Wildman–Crippen LogP) is 2.99. The van der Waals surface area contributed by atoms with E-state index in [4.69, 9.17) is 0 Å². The first-order chi connectivity index (χ1) is 11.1. The topological polar surface area (TPSA) is 89.0 Å². The Morgan fingerprint density at radius 1 is 1.25 bits per heavy atom. The Morgan fingerprint density at radius 2 is 1.92 bits per heavy atom. The fourth-order valence-electron chi connectivity index (χ4n) is 1.83. The van der Waals surface area contributed by atoms with E-state index >= 15 is 0 Å². The smallest absolute Gasteiger partial charge is 0.296 e. The number of nitrogens with one attached hydrogen (secondary N) is 1. The minimum atomic E-state index is -4.69. The molecule has 24 heavy (non-hydrogen) atoms. The van der Waals surface area contributed by atoms with Gasteiger partial charge in [0, 0.05) is 0 Å². The highest BCUT2D eigenvalue weighted by atomic mass is 32.2. The molecular formula is C13H12F3N3O3S2. The van der Waals surface area contributed by atoms with Crippen LogP contribution in [0.5, 0.6) is 0 Å². The second-order valence-corrected chi connectivity index (χ2v) is 7.95. The summed E-state index contributed by atoms with van der Waals surface area (Å²) in [4.78, 5) is 12.0. The molecule has 2 aromatic rings. The molecule has 0 unspecified atom stereocenters. The number of aromatic nitrogens is 2. The van der Waals surface area contributed by atoms with Crippen molar-refractivity contribution >= 4 is 32.2 Å². The van der Waals surface area contributed by atoms with Crippen LogP contribution in [0, 0.1) is 0 Å². The number of rotatable bonds is 5. The van der Waals surface area contributed by atoms with Crippen molar-refractivity contribution in [3.8, 4) is 0 Å². The first-order valence-corrected chi connectivity index (χ1v) is 9.16. The van der Waals surface area contributed by atoms with Crippen molar-refractivity contribution in [2.45, 2.75) is 23.9 Å². The van der Waals surface area contributed by atoms with Crippen LogP contribution in [0.1, 0.15) is 29.3 Å². The van der Waals surface area contributed by atoms with Crippen LogP contribution in [0.15, 0.2) is 28.6 Å². The van der Waals surface area contributed by atoms with Crippen LogP contribution >= 0.6 is 11.3 Å². The summed E-state index contributed by atoms with van der Waals surface area (Å²) < 4.78 is 62.1. The molecule has 6 nitrogen and oxygen atoms in total. The lowest BCUT2D eigenvalue weighted by atomic mass is 10.1. The van der Waals surface area contributed by atoms with Gasteiger partial charge in [-0.3, -0.25) is 10.1 Å². The van der Waals surface area contributed by atoms with Crippen molar-refractivity contribution in [2.24, 2.45) is 0 Å². The third kappa shape index (κ3) is 4.09. The lowest BCUT2D eigenvalue weighted by Crippen LogP contribution is -2.18. The molecule has 0 aliphatic heterocycles. The average molecular weight is 379 g/mol. The SMILES string of the molecule is CCCS(=O)(=O)c1nnc(NC(=O)c2ccccc2C(F)(F)F)s1. The van der Waals surface area contributed by atoms with Gasteiger partial charge in [-0.15, -0.1) is 10.2 Å². The Kier molecular flexibility index (Phi) is 5.23. The molecule has 1 heterocycles. The van der Waals surface area contributed by atoms with Crippen molar-refractivity contribution in [3.63, 3.8) is 0 Å². The number of nitrogens with zero attached hydrogens (tertiary/aromatic N) is 2. The van der Waals surface area contributed by atoms with E-state index in [-0.39, 0.29) is 15.2 Å². The molecule has 1 amide bonds. The monoisotopic (exact) mass is 379 g/mol. The second kappa shape index (κ2) is 6.85. The van der Waals surface area contributed by atoms with Gasteiger partial charge in [0.05, 0.1) is 16.9 Å². The van der Waals surface area contributed by atoms with E-state index < -0.39 is 33.0 Å². The van der Waals surface area contributed by atoms with Crippen LogP contribution < -0.4 is 5.32 Å². The van der Waals surface area contributed by atoms with Crippen LogP contribution in [0.3, 0.4) is 0 Å². The Balaban J connectivity index is 2.25. The van der Waals surface area contributed by atoms with Crippen molar-refractivity contribution in [1.82, 2.24) is 10.2 Å². The number of amides is 1. The summed E-state index contributed by atoms with van der Waals surface area (Å²) in [5.41, 5.74) is -1.68. The van der Waals surface area contributed by atoms with Gasteiger partial charge in [0.25, 0.3) is 5.91 Å². The molecule has 0 atom stereocenters. The number of carbonyl (C=O) groups is 1. The summed E-state index contributed by atoms with van der Waals surface area (Å²) in [7, 11) is -3.61. The third-order valence-electron chi connectivity index (χ3n) is 2.84. The first kappa shape index (κ1) is 18.3. The third-order valence-corrected chi connectivity index (χ3v) is 6.05. The highest BCUT2D eigenvalue weighted by molar-refractivity contribution is 7.93. The van der Waals surface area contributed by atoms with Crippen molar-refractivity contribution in [3.05, 3.63) is 35.4 Å². The molecule has 0 fully saturated rings. The predicted molar refractivity (Wildman–Crippen MR) is 81.7 cm³/mol. The van der Waals surface area contributed by atoms with Gasteiger partial charge in [0.15, 0.2) is 0 Å². The lowest BCUT2D eigenvalue weighted by Gasteiger charge is -2.11. The van der Waals surface area contributed by atoms with Gasteiger partial charge in [0.1, 0.15) is 0 Å². The fourth-order valence-corrected chi connectivity index (χ4v) is 4.18. The molecule has 0 bridgehead atoms. The minimum Gasteiger partial charge on any atom is -0.296 e. The molecule has 0 saturated carbocycles. The maximum absolute atomic E-state index is 12.9. The Bertz CT molecular complexity index is 847. The molecule has 0 aliphatic rings. The van der Waals surface area contributed by atoms with E-state index in [0.29, 0.717) is 17.8 Å². The summed E-state index contributed by atoms with van der Waals surface area (Å²) in [6, 6.07) is 4.27. The van der Waals surface area contributed by atoms with Gasteiger partial charge in [-0.1, -0.05) is 30.4 Å². The lowest BCUT2D eigenvalue weighted by molar-refractivity contribution is -0.137. The number of alkyl halides is 3. The normalized spacial score (nSPS) is 12.2. The summed E-state index contributed by atoms with van der Waals surface area (Å²) >= 11 is 0.593. The number of hydrogen-bond donors (Lipinski definition) is 1. The van der Waals surface area contributed by atoms with Crippen molar-refractivity contribution in [1.29, 1.82) is 0 Å². The van der Waals surface area contributed by atoms with Crippen LogP contribution in [-0.4, -0.2) is 30.3 Å². The van der Waals surface area contributed by atoms with Crippen LogP contribution in [0.2, 0.25) is 0 Å². The van der Waals surface area contributed by atoms with E-state index in [0.717, 1.165) is 12.1 Å². The van der Waals surface area contributed by atoms with Gasteiger partial charge >= 0.3 is 6.18 Å². The summed E-state index contributed by atoms with van der Waals surface area (Å²) in [5, 5.41) is 8.92. The molecule has 1 aromatic heterocycles. The fraction of sp³-hybridized carbons (Fsp3) is 0.308. The summed E-state index contributed by atoms with van der Waals surface area (Å²) in [5.74, 6) is -1.18. The highest BCUT2D eigenvalue weighted by Crippen LogP contribution is 2.32. The van der Waals surface area contributed by atoms with Gasteiger partial charge in [-0.05, 0) is 18.6 Å². The summed E-state index contributed by atoms with van der Waals surface area (Å²) in [6.45, 7) is 1.68. The van der Waals surface area contributed by atoms with Crippen LogP contribution in [0.4, 0.5) is 18.3 Å². The second-order valence-electron chi connectivity index (χ2n) is 4.69. The van der Waals surface area contributed by atoms with Crippen molar-refractivity contribution in [2.75, 3.05) is 11.1 Å². The maximum Gasteiger partial charge on any atom is 0.417 e. The molecule has 0 aliphatic carbocycles. The molecule has 2 rings (SSSR count). The molecule has 0 radical (unpaired) electrons.